The van der Waals surface area contributed by atoms with Crippen molar-refractivity contribution < 1.29 is 24.0 Å². The van der Waals surface area contributed by atoms with E-state index in [0.29, 0.717) is 17.0 Å². The number of carbonyl (C=O) groups excluding carboxylic acids is 3. The van der Waals surface area contributed by atoms with Crippen LogP contribution in [0.1, 0.15) is 40.6 Å². The van der Waals surface area contributed by atoms with E-state index < -0.39 is 23.4 Å². The van der Waals surface area contributed by atoms with E-state index in [1.165, 1.54) is 36.5 Å². The van der Waals surface area contributed by atoms with Gasteiger partial charge < -0.3 is 15.4 Å². The van der Waals surface area contributed by atoms with E-state index in [9.17, 15) is 24.5 Å². The molecule has 152 valence electrons. The largest absolute Gasteiger partial charge is 0.452 e. The fourth-order valence-electron chi connectivity index (χ4n) is 3.16. The van der Waals surface area contributed by atoms with Crippen LogP contribution in [0.5, 0.6) is 0 Å². The molecule has 10 heteroatoms. The van der Waals surface area contributed by atoms with E-state index in [2.05, 4.69) is 10.6 Å². The SMILES string of the molecule is CC(=O)Nc1sc2c(c1C(=O)OCC(=O)Nc1ccccc1[N+](=O)[O-])CCCC2. The molecule has 1 aliphatic rings. The molecule has 0 bridgehead atoms. The Hall–Kier alpha value is -3.27. The Morgan fingerprint density at radius 3 is 2.62 bits per heavy atom. The molecule has 0 aliphatic heterocycles. The van der Waals surface area contributed by atoms with E-state index in [0.717, 1.165) is 29.7 Å². The fourth-order valence-corrected chi connectivity index (χ4v) is 4.48. The van der Waals surface area contributed by atoms with Crippen LogP contribution in [-0.4, -0.2) is 29.3 Å². The number of carbonyl (C=O) groups is 3. The number of aryl methyl sites for hydroxylation is 1. The van der Waals surface area contributed by atoms with Gasteiger partial charge in [0.1, 0.15) is 10.7 Å². The standard InChI is InChI=1S/C19H19N3O6S/c1-11(23)20-18-17(12-6-2-5-9-15(12)29-18)19(25)28-10-16(24)21-13-7-3-4-8-14(13)22(26)27/h3-4,7-8H,2,5-6,9-10H2,1H3,(H,20,23)(H,21,24). The molecule has 2 aromatic rings. The molecule has 1 aromatic heterocycles. The molecular weight excluding hydrogens is 398 g/mol. The number of amides is 2. The summed E-state index contributed by atoms with van der Waals surface area (Å²) >= 11 is 1.35. The molecule has 2 N–H and O–H groups in total. The summed E-state index contributed by atoms with van der Waals surface area (Å²) in [5.41, 5.74) is 0.907. The van der Waals surface area contributed by atoms with Gasteiger partial charge >= 0.3 is 5.97 Å². The first-order valence-corrected chi connectivity index (χ1v) is 9.81. The number of nitrogens with zero attached hydrogens (tertiary/aromatic N) is 1. The van der Waals surface area contributed by atoms with Crippen molar-refractivity contribution in [3.05, 3.63) is 50.4 Å². The Kier molecular flexibility index (Phi) is 6.23. The molecule has 0 saturated heterocycles. The minimum atomic E-state index is -0.703. The second kappa shape index (κ2) is 8.82. The van der Waals surface area contributed by atoms with Crippen molar-refractivity contribution in [2.75, 3.05) is 17.2 Å². The van der Waals surface area contributed by atoms with Gasteiger partial charge in [0.05, 0.1) is 10.5 Å². The minimum absolute atomic E-state index is 0.0189. The zero-order chi connectivity index (χ0) is 21.0. The highest BCUT2D eigenvalue weighted by molar-refractivity contribution is 7.17. The predicted octanol–water partition coefficient (Wildman–Crippen LogP) is 3.29. The highest BCUT2D eigenvalue weighted by Crippen LogP contribution is 2.38. The maximum absolute atomic E-state index is 12.7. The van der Waals surface area contributed by atoms with Gasteiger partial charge in [0.2, 0.25) is 5.91 Å². The quantitative estimate of drug-likeness (QED) is 0.422. The fraction of sp³-hybridized carbons (Fsp3) is 0.316. The molecule has 29 heavy (non-hydrogen) atoms. The van der Waals surface area contributed by atoms with Crippen molar-refractivity contribution >= 4 is 45.5 Å². The number of nitrogens with one attached hydrogen (secondary N) is 2. The Morgan fingerprint density at radius 1 is 1.17 bits per heavy atom. The average molecular weight is 417 g/mol. The third-order valence-electron chi connectivity index (χ3n) is 4.37. The van der Waals surface area contributed by atoms with Crippen LogP contribution in [0.15, 0.2) is 24.3 Å². The highest BCUT2D eigenvalue weighted by Gasteiger charge is 2.27. The number of esters is 1. The molecular formula is C19H19N3O6S. The first kappa shape index (κ1) is 20.5. The van der Waals surface area contributed by atoms with Gasteiger partial charge in [-0.3, -0.25) is 19.7 Å². The molecule has 2 amide bonds. The Bertz CT molecular complexity index is 984. The molecule has 0 unspecified atom stereocenters. The number of thiophene rings is 1. The highest BCUT2D eigenvalue weighted by atomic mass is 32.1. The minimum Gasteiger partial charge on any atom is -0.452 e. The van der Waals surface area contributed by atoms with Gasteiger partial charge in [0.15, 0.2) is 6.61 Å². The third-order valence-corrected chi connectivity index (χ3v) is 5.58. The van der Waals surface area contributed by atoms with Gasteiger partial charge in [-0.2, -0.15) is 0 Å². The Balaban J connectivity index is 1.71. The van der Waals surface area contributed by atoms with Gasteiger partial charge in [-0.05, 0) is 37.3 Å². The Labute approximate surface area is 170 Å². The molecule has 0 radical (unpaired) electrons. The summed E-state index contributed by atoms with van der Waals surface area (Å²) in [6, 6.07) is 5.68. The lowest BCUT2D eigenvalue weighted by Gasteiger charge is -2.13. The maximum atomic E-state index is 12.7. The number of fused-ring (bicyclic) bond motifs is 1. The number of rotatable bonds is 6. The lowest BCUT2D eigenvalue weighted by molar-refractivity contribution is -0.383. The number of nitro benzene ring substituents is 1. The number of hydrogen-bond donors (Lipinski definition) is 2. The van der Waals surface area contributed by atoms with E-state index in [-0.39, 0.29) is 17.3 Å². The zero-order valence-electron chi connectivity index (χ0n) is 15.6. The Morgan fingerprint density at radius 2 is 1.90 bits per heavy atom. The number of hydrogen-bond acceptors (Lipinski definition) is 7. The summed E-state index contributed by atoms with van der Waals surface area (Å²) in [6.07, 6.45) is 3.48. The smallest absolute Gasteiger partial charge is 0.341 e. The molecule has 0 fully saturated rings. The number of ether oxygens (including phenoxy) is 1. The van der Waals surface area contributed by atoms with Gasteiger partial charge in [-0.25, -0.2) is 4.79 Å². The van der Waals surface area contributed by atoms with Crippen molar-refractivity contribution in [2.24, 2.45) is 0 Å². The second-order valence-electron chi connectivity index (χ2n) is 6.49. The van der Waals surface area contributed by atoms with E-state index >= 15 is 0 Å². The van der Waals surface area contributed by atoms with Crippen molar-refractivity contribution in [3.8, 4) is 0 Å². The second-order valence-corrected chi connectivity index (χ2v) is 7.60. The van der Waals surface area contributed by atoms with E-state index in [1.54, 1.807) is 6.07 Å². The van der Waals surface area contributed by atoms with Crippen molar-refractivity contribution in [1.82, 2.24) is 0 Å². The molecule has 1 heterocycles. The molecule has 0 saturated carbocycles. The number of para-hydroxylation sites is 2. The number of anilines is 2. The van der Waals surface area contributed by atoms with E-state index in [1.807, 2.05) is 0 Å². The van der Waals surface area contributed by atoms with Crippen molar-refractivity contribution in [3.63, 3.8) is 0 Å². The molecule has 3 rings (SSSR count). The lowest BCUT2D eigenvalue weighted by Crippen LogP contribution is -2.22. The van der Waals surface area contributed by atoms with Crippen LogP contribution in [0.4, 0.5) is 16.4 Å². The first-order valence-electron chi connectivity index (χ1n) is 8.99. The van der Waals surface area contributed by atoms with Gasteiger partial charge in [0, 0.05) is 17.9 Å². The van der Waals surface area contributed by atoms with Gasteiger partial charge in [-0.1, -0.05) is 12.1 Å². The normalized spacial score (nSPS) is 12.6. The summed E-state index contributed by atoms with van der Waals surface area (Å²) in [7, 11) is 0. The van der Waals surface area contributed by atoms with Crippen molar-refractivity contribution in [1.29, 1.82) is 0 Å². The van der Waals surface area contributed by atoms with Crippen LogP contribution in [0.2, 0.25) is 0 Å². The van der Waals surface area contributed by atoms with Gasteiger partial charge in [0.25, 0.3) is 11.6 Å². The van der Waals surface area contributed by atoms with Crippen LogP contribution in [0.3, 0.4) is 0 Å². The predicted molar refractivity (Wildman–Crippen MR) is 107 cm³/mol. The van der Waals surface area contributed by atoms with Crippen molar-refractivity contribution in [2.45, 2.75) is 32.6 Å². The topological polar surface area (TPSA) is 128 Å². The van der Waals surface area contributed by atoms with E-state index in [4.69, 9.17) is 4.74 Å². The molecule has 1 aliphatic carbocycles. The summed E-state index contributed by atoms with van der Waals surface area (Å²) in [4.78, 5) is 47.7. The summed E-state index contributed by atoms with van der Waals surface area (Å²) < 4.78 is 5.14. The molecule has 1 aromatic carbocycles. The van der Waals surface area contributed by atoms with Crippen LogP contribution >= 0.6 is 11.3 Å². The van der Waals surface area contributed by atoms with Crippen LogP contribution in [0, 0.1) is 10.1 Å². The average Bonchev–Trinajstić information content (AvgIpc) is 3.03. The summed E-state index contributed by atoms with van der Waals surface area (Å²) in [6.45, 7) is 0.753. The monoisotopic (exact) mass is 417 g/mol. The molecule has 0 spiro atoms. The van der Waals surface area contributed by atoms with Crippen LogP contribution in [0.25, 0.3) is 0 Å². The lowest BCUT2D eigenvalue weighted by atomic mass is 9.95. The number of nitro groups is 1. The van der Waals surface area contributed by atoms with Crippen LogP contribution < -0.4 is 10.6 Å². The van der Waals surface area contributed by atoms with Gasteiger partial charge in [-0.15, -0.1) is 11.3 Å². The molecule has 0 atom stereocenters. The molecule has 9 nitrogen and oxygen atoms in total. The van der Waals surface area contributed by atoms with Crippen LogP contribution in [-0.2, 0) is 27.2 Å². The zero-order valence-corrected chi connectivity index (χ0v) is 16.5. The number of benzene rings is 1. The maximum Gasteiger partial charge on any atom is 0.341 e. The first-order chi connectivity index (χ1) is 13.9. The summed E-state index contributed by atoms with van der Waals surface area (Å²) in [5.74, 6) is -1.70. The summed E-state index contributed by atoms with van der Waals surface area (Å²) in [5, 5.41) is 16.5. The third kappa shape index (κ3) is 4.77.